The van der Waals surface area contributed by atoms with E-state index in [9.17, 15) is 0 Å². The van der Waals surface area contributed by atoms with E-state index in [1.54, 1.807) is 12.5 Å². The minimum absolute atomic E-state index is 0.733. The monoisotopic (exact) mass is 315 g/mol. The van der Waals surface area contributed by atoms with Gasteiger partial charge in [-0.2, -0.15) is 0 Å². The van der Waals surface area contributed by atoms with E-state index >= 15 is 0 Å². The molecule has 0 fully saturated rings. The zero-order valence-electron chi connectivity index (χ0n) is 11.6. The summed E-state index contributed by atoms with van der Waals surface area (Å²) in [6.45, 7) is 14.3. The fourth-order valence-corrected chi connectivity index (χ4v) is 9.98. The first-order valence-electron chi connectivity index (χ1n) is 6.89. The summed E-state index contributed by atoms with van der Waals surface area (Å²) in [6.07, 6.45) is 2.91. The van der Waals surface area contributed by atoms with Crippen LogP contribution in [-0.2, 0) is 0 Å². The molecular weight excluding hydrogens is 285 g/mol. The first-order chi connectivity index (χ1) is 7.15. The van der Waals surface area contributed by atoms with Crippen LogP contribution in [0.2, 0.25) is 12.5 Å². The van der Waals surface area contributed by atoms with Crippen LogP contribution in [-0.4, -0.2) is 45.5 Å². The quantitative estimate of drug-likeness (QED) is 0.621. The van der Waals surface area contributed by atoms with Crippen molar-refractivity contribution in [2.75, 3.05) is 13.1 Å². The van der Waals surface area contributed by atoms with Crippen molar-refractivity contribution in [3.05, 3.63) is 0 Å². The molecule has 0 aromatic heterocycles. The molecule has 90 valence electrons. The molecule has 0 N–H and O–H groups in total. The Labute approximate surface area is 105 Å². The van der Waals surface area contributed by atoms with Crippen LogP contribution in [0.25, 0.3) is 0 Å². The summed E-state index contributed by atoms with van der Waals surface area (Å²) < 4.78 is 4.84. The van der Waals surface area contributed by atoms with Crippen LogP contribution in [0.15, 0.2) is 0 Å². The Balaban J connectivity index is 3.65. The van der Waals surface area contributed by atoms with Crippen LogP contribution in [0.4, 0.5) is 0 Å². The molecule has 0 heterocycles. The fourth-order valence-electron chi connectivity index (χ4n) is 2.33. The molecule has 1 nitrogen and oxygen atoms in total. The van der Waals surface area contributed by atoms with Crippen LogP contribution in [0.5, 0.6) is 0 Å². The van der Waals surface area contributed by atoms with Gasteiger partial charge in [0.05, 0.1) is 0 Å². The van der Waals surface area contributed by atoms with E-state index in [1.807, 2.05) is 0 Å². The van der Waals surface area contributed by atoms with Crippen molar-refractivity contribution in [1.29, 1.82) is 0 Å². The summed E-state index contributed by atoms with van der Waals surface area (Å²) in [5, 5.41) is 0. The van der Waals surface area contributed by atoms with Crippen molar-refractivity contribution in [2.45, 2.75) is 66.0 Å². The summed E-state index contributed by atoms with van der Waals surface area (Å²) in [6, 6.07) is 0.733. The Morgan fingerprint density at radius 2 is 1.73 bits per heavy atom. The van der Waals surface area contributed by atoms with Crippen LogP contribution in [0.1, 0.15) is 47.5 Å². The number of nitrogens with zero attached hydrogens (tertiary/aromatic N) is 1. The van der Waals surface area contributed by atoms with Gasteiger partial charge in [0.25, 0.3) is 0 Å². The molecule has 0 rings (SSSR count). The second-order valence-electron chi connectivity index (χ2n) is 4.93. The van der Waals surface area contributed by atoms with Crippen LogP contribution in [0.3, 0.4) is 0 Å². The zero-order chi connectivity index (χ0) is 11.7. The molecule has 0 aliphatic heterocycles. The third-order valence-corrected chi connectivity index (χ3v) is 14.2. The molecule has 0 aliphatic carbocycles. The second-order valence-corrected chi connectivity index (χ2v) is 15.5. The first-order valence-corrected chi connectivity index (χ1v) is 13.9. The summed E-state index contributed by atoms with van der Waals surface area (Å²) in [5.41, 5.74) is 0. The van der Waals surface area contributed by atoms with Gasteiger partial charge in [-0.1, -0.05) is 0 Å². The van der Waals surface area contributed by atoms with Crippen molar-refractivity contribution in [2.24, 2.45) is 0 Å². The van der Waals surface area contributed by atoms with Crippen molar-refractivity contribution in [1.82, 2.24) is 4.90 Å². The number of hydrogen-bond donors (Lipinski definition) is 0. The molecule has 0 bridgehead atoms. The van der Waals surface area contributed by atoms with E-state index in [4.69, 9.17) is 0 Å². The normalized spacial score (nSPS) is 11.4. The molecule has 0 atom stereocenters. The maximum atomic E-state index is 2.60. The van der Waals surface area contributed by atoms with Gasteiger partial charge in [-0.05, 0) is 0 Å². The van der Waals surface area contributed by atoms with Gasteiger partial charge < -0.3 is 0 Å². The first kappa shape index (κ1) is 15.8. The van der Waals surface area contributed by atoms with E-state index in [0.29, 0.717) is 0 Å². The standard InChI is InChI=1S/C8H18N.C3H7.C2H5.In/c1-5-7-9(6-2)8(3)4;1-3-2;1-2;/h8H,1,5-7H2,2-4H3;1,3H2,2H3;1H2,2H3;. The summed E-state index contributed by atoms with van der Waals surface area (Å²) in [4.78, 5) is 2.60. The Hall–Kier alpha value is 0.830. The van der Waals surface area contributed by atoms with Gasteiger partial charge in [0.15, 0.2) is 0 Å². The van der Waals surface area contributed by atoms with Gasteiger partial charge in [0.1, 0.15) is 0 Å². The zero-order valence-corrected chi connectivity index (χ0v) is 14.8. The summed E-state index contributed by atoms with van der Waals surface area (Å²) >= 11 is -1.01. The molecule has 0 aromatic carbocycles. The maximum absolute atomic E-state index is 2.60. The molecule has 0 aromatic rings. The molecule has 0 amide bonds. The van der Waals surface area contributed by atoms with E-state index in [1.165, 1.54) is 25.9 Å². The van der Waals surface area contributed by atoms with E-state index < -0.39 is 21.4 Å². The van der Waals surface area contributed by atoms with Crippen molar-refractivity contribution < 1.29 is 0 Å². The number of hydrogen-bond acceptors (Lipinski definition) is 1. The van der Waals surface area contributed by atoms with Crippen molar-refractivity contribution >= 4 is 21.4 Å². The third-order valence-electron chi connectivity index (χ3n) is 3.47. The molecule has 0 aliphatic rings. The molecule has 2 heteroatoms. The van der Waals surface area contributed by atoms with E-state index in [-0.39, 0.29) is 0 Å². The Bertz CT molecular complexity index is 136. The van der Waals surface area contributed by atoms with Gasteiger partial charge >= 0.3 is 105 Å². The Kier molecular flexibility index (Phi) is 10.6. The van der Waals surface area contributed by atoms with Crippen LogP contribution >= 0.6 is 0 Å². The predicted octanol–water partition coefficient (Wildman–Crippen LogP) is 4.03. The second kappa shape index (κ2) is 10.0. The van der Waals surface area contributed by atoms with Gasteiger partial charge in [-0.15, -0.1) is 0 Å². The molecule has 0 radical (unpaired) electrons. The van der Waals surface area contributed by atoms with Crippen molar-refractivity contribution in [3.8, 4) is 0 Å². The van der Waals surface area contributed by atoms with Crippen molar-refractivity contribution in [3.63, 3.8) is 0 Å². The molecular formula is C13H30InN. The average molecular weight is 315 g/mol. The van der Waals surface area contributed by atoms with Gasteiger partial charge in [0, 0.05) is 0 Å². The topological polar surface area (TPSA) is 3.24 Å². The van der Waals surface area contributed by atoms with Gasteiger partial charge in [0.2, 0.25) is 0 Å². The summed E-state index contributed by atoms with van der Waals surface area (Å²) in [7, 11) is 0. The predicted molar refractivity (Wildman–Crippen MR) is 73.1 cm³/mol. The van der Waals surface area contributed by atoms with Crippen LogP contribution < -0.4 is 0 Å². The SMILES string of the molecule is CC[CH2][In]([CH2]C)[CH2]CCN(CC)C(C)C. The van der Waals surface area contributed by atoms with Gasteiger partial charge in [-0.3, -0.25) is 0 Å². The van der Waals surface area contributed by atoms with Gasteiger partial charge in [-0.25, -0.2) is 0 Å². The molecule has 0 saturated carbocycles. The van der Waals surface area contributed by atoms with E-state index in [2.05, 4.69) is 39.5 Å². The Morgan fingerprint density at radius 3 is 2.13 bits per heavy atom. The fraction of sp³-hybridized carbons (Fsp3) is 1.00. The average Bonchev–Trinajstić information content (AvgIpc) is 2.22. The van der Waals surface area contributed by atoms with E-state index in [0.717, 1.165) is 6.04 Å². The summed E-state index contributed by atoms with van der Waals surface area (Å²) in [5.74, 6) is 0. The third kappa shape index (κ3) is 7.68. The minimum atomic E-state index is -1.01. The molecule has 15 heavy (non-hydrogen) atoms. The molecule has 0 spiro atoms. The Morgan fingerprint density at radius 1 is 1.07 bits per heavy atom. The molecule has 0 saturated heterocycles. The number of rotatable bonds is 9. The van der Waals surface area contributed by atoms with Crippen LogP contribution in [0, 0.1) is 0 Å². The molecule has 0 unspecified atom stereocenters.